The third-order valence-corrected chi connectivity index (χ3v) is 4.17. The van der Waals surface area contributed by atoms with E-state index in [2.05, 4.69) is 20.7 Å². The van der Waals surface area contributed by atoms with Gasteiger partial charge in [0.1, 0.15) is 5.75 Å². The number of sulfonamides is 1. The second kappa shape index (κ2) is 6.89. The van der Waals surface area contributed by atoms with Crippen LogP contribution < -0.4 is 15.2 Å². The van der Waals surface area contributed by atoms with Gasteiger partial charge in [-0.25, -0.2) is 13.1 Å². The maximum Gasteiger partial charge on any atom is 0.240 e. The molecule has 0 saturated carbocycles. The quantitative estimate of drug-likeness (QED) is 0.767. The van der Waals surface area contributed by atoms with E-state index >= 15 is 0 Å². The van der Waals surface area contributed by atoms with E-state index in [4.69, 9.17) is 10.5 Å². The molecule has 0 radical (unpaired) electrons. The summed E-state index contributed by atoms with van der Waals surface area (Å²) in [6.07, 6.45) is 3.35. The third kappa shape index (κ3) is 4.09. The normalized spacial score (nSPS) is 11.9. The SMILES string of the molecule is COc1ccc(S(=O)(=O)NC/C=C/CN)cc1Br. The summed E-state index contributed by atoms with van der Waals surface area (Å²) in [5.41, 5.74) is 5.26. The minimum Gasteiger partial charge on any atom is -0.496 e. The van der Waals surface area contributed by atoms with E-state index in [-0.39, 0.29) is 11.4 Å². The van der Waals surface area contributed by atoms with Crippen LogP contribution in [0.2, 0.25) is 0 Å². The zero-order valence-corrected chi connectivity index (χ0v) is 12.3. The monoisotopic (exact) mass is 334 g/mol. The first-order valence-electron chi connectivity index (χ1n) is 5.19. The predicted octanol–water partition coefficient (Wildman–Crippen LogP) is 1.25. The zero-order chi connectivity index (χ0) is 13.6. The van der Waals surface area contributed by atoms with Gasteiger partial charge in [0.05, 0.1) is 16.5 Å². The first-order chi connectivity index (χ1) is 8.51. The van der Waals surface area contributed by atoms with Crippen molar-refractivity contribution in [3.05, 3.63) is 34.8 Å². The molecule has 1 rings (SSSR count). The molecule has 0 saturated heterocycles. The molecule has 0 aliphatic carbocycles. The Hall–Kier alpha value is -0.890. The number of halogens is 1. The summed E-state index contributed by atoms with van der Waals surface area (Å²) in [4.78, 5) is 0.177. The molecule has 0 atom stereocenters. The van der Waals surface area contributed by atoms with Crippen LogP contribution in [0, 0.1) is 0 Å². The molecule has 0 amide bonds. The molecular formula is C11H15BrN2O3S. The lowest BCUT2D eigenvalue weighted by Crippen LogP contribution is -2.23. The molecule has 0 aromatic heterocycles. The number of hydrogen-bond donors (Lipinski definition) is 2. The molecule has 0 unspecified atom stereocenters. The van der Waals surface area contributed by atoms with Gasteiger partial charge in [-0.2, -0.15) is 0 Å². The Labute approximate surface area is 115 Å². The molecule has 0 aliphatic heterocycles. The van der Waals surface area contributed by atoms with Crippen LogP contribution in [-0.2, 0) is 10.0 Å². The Morgan fingerprint density at radius 2 is 2.17 bits per heavy atom. The molecule has 1 aromatic carbocycles. The lowest BCUT2D eigenvalue weighted by Gasteiger charge is -2.07. The first-order valence-corrected chi connectivity index (χ1v) is 7.47. The van der Waals surface area contributed by atoms with Crippen molar-refractivity contribution in [3.63, 3.8) is 0 Å². The molecule has 7 heteroatoms. The average Bonchev–Trinajstić information content (AvgIpc) is 2.34. The highest BCUT2D eigenvalue weighted by Gasteiger charge is 2.14. The standard InChI is InChI=1S/C11H15BrN2O3S/c1-17-11-5-4-9(8-10(11)12)18(15,16)14-7-3-2-6-13/h2-5,8,14H,6-7,13H2,1H3/b3-2+. The van der Waals surface area contributed by atoms with Crippen molar-refractivity contribution < 1.29 is 13.2 Å². The van der Waals surface area contributed by atoms with Gasteiger partial charge in [0.2, 0.25) is 10.0 Å². The van der Waals surface area contributed by atoms with Crippen LogP contribution in [0.15, 0.2) is 39.7 Å². The number of benzene rings is 1. The van der Waals surface area contributed by atoms with Crippen LogP contribution in [0.1, 0.15) is 0 Å². The molecule has 3 N–H and O–H groups in total. The summed E-state index contributed by atoms with van der Waals surface area (Å²) < 4.78 is 31.9. The Bertz CT molecular complexity index is 529. The van der Waals surface area contributed by atoms with Gasteiger partial charge in [-0.15, -0.1) is 0 Å². The smallest absolute Gasteiger partial charge is 0.240 e. The Morgan fingerprint density at radius 1 is 1.44 bits per heavy atom. The highest BCUT2D eigenvalue weighted by Crippen LogP contribution is 2.27. The molecule has 0 bridgehead atoms. The second-order valence-corrected chi connectivity index (χ2v) is 5.98. The van der Waals surface area contributed by atoms with Crippen molar-refractivity contribution in [2.75, 3.05) is 20.2 Å². The third-order valence-electron chi connectivity index (χ3n) is 2.13. The largest absolute Gasteiger partial charge is 0.496 e. The van der Waals surface area contributed by atoms with Crippen LogP contribution >= 0.6 is 15.9 Å². The summed E-state index contributed by atoms with van der Waals surface area (Å²) in [7, 11) is -2.00. The van der Waals surface area contributed by atoms with Crippen LogP contribution in [0.25, 0.3) is 0 Å². The number of nitrogens with two attached hydrogens (primary N) is 1. The molecule has 0 spiro atoms. The summed E-state index contributed by atoms with van der Waals surface area (Å²) in [6, 6.07) is 4.57. The molecule has 0 heterocycles. The van der Waals surface area contributed by atoms with Gasteiger partial charge in [0, 0.05) is 13.1 Å². The molecular weight excluding hydrogens is 320 g/mol. The highest BCUT2D eigenvalue weighted by molar-refractivity contribution is 9.10. The van der Waals surface area contributed by atoms with Crippen LogP contribution in [0.5, 0.6) is 5.75 Å². The van der Waals surface area contributed by atoms with Crippen molar-refractivity contribution in [3.8, 4) is 5.75 Å². The van der Waals surface area contributed by atoms with E-state index in [1.165, 1.54) is 19.2 Å². The summed E-state index contributed by atoms with van der Waals surface area (Å²) in [5.74, 6) is 0.581. The molecule has 0 aliphatic rings. The molecule has 0 fully saturated rings. The van der Waals surface area contributed by atoms with Crippen molar-refractivity contribution in [1.82, 2.24) is 4.72 Å². The summed E-state index contributed by atoms with van der Waals surface area (Å²) >= 11 is 3.25. The average molecular weight is 335 g/mol. The predicted molar refractivity (Wildman–Crippen MR) is 74.1 cm³/mol. The van der Waals surface area contributed by atoms with Gasteiger partial charge in [-0.3, -0.25) is 0 Å². The van der Waals surface area contributed by atoms with E-state index in [1.807, 2.05) is 0 Å². The zero-order valence-electron chi connectivity index (χ0n) is 9.89. The Morgan fingerprint density at radius 3 is 2.72 bits per heavy atom. The van der Waals surface area contributed by atoms with E-state index in [9.17, 15) is 8.42 Å². The highest BCUT2D eigenvalue weighted by atomic mass is 79.9. The fraction of sp³-hybridized carbons (Fsp3) is 0.273. The first kappa shape index (κ1) is 15.2. The number of methoxy groups -OCH3 is 1. The lowest BCUT2D eigenvalue weighted by atomic mass is 10.3. The Balaban J connectivity index is 2.85. The van der Waals surface area contributed by atoms with Gasteiger partial charge in [0.15, 0.2) is 0 Å². The number of ether oxygens (including phenoxy) is 1. The van der Waals surface area contributed by atoms with Crippen molar-refractivity contribution in [2.24, 2.45) is 5.73 Å². The number of hydrogen-bond acceptors (Lipinski definition) is 4. The number of rotatable bonds is 6. The minimum absolute atomic E-state index is 0.177. The van der Waals surface area contributed by atoms with Crippen molar-refractivity contribution in [2.45, 2.75) is 4.90 Å². The Kier molecular flexibility index (Phi) is 5.80. The van der Waals surface area contributed by atoms with Crippen LogP contribution in [-0.4, -0.2) is 28.6 Å². The van der Waals surface area contributed by atoms with Gasteiger partial charge < -0.3 is 10.5 Å². The minimum atomic E-state index is -3.52. The van der Waals surface area contributed by atoms with Crippen molar-refractivity contribution in [1.29, 1.82) is 0 Å². The lowest BCUT2D eigenvalue weighted by molar-refractivity contribution is 0.411. The van der Waals surface area contributed by atoms with Gasteiger partial charge in [0.25, 0.3) is 0 Å². The molecule has 18 heavy (non-hydrogen) atoms. The molecule has 100 valence electrons. The van der Waals surface area contributed by atoms with E-state index in [1.54, 1.807) is 18.2 Å². The fourth-order valence-electron chi connectivity index (χ4n) is 1.23. The van der Waals surface area contributed by atoms with Crippen LogP contribution in [0.4, 0.5) is 0 Å². The molecule has 5 nitrogen and oxygen atoms in total. The molecule has 1 aromatic rings. The topological polar surface area (TPSA) is 81.4 Å². The van der Waals surface area contributed by atoms with E-state index in [0.29, 0.717) is 16.8 Å². The summed E-state index contributed by atoms with van der Waals surface area (Å²) in [6.45, 7) is 0.596. The number of nitrogens with one attached hydrogen (secondary N) is 1. The van der Waals surface area contributed by atoms with Gasteiger partial charge >= 0.3 is 0 Å². The van der Waals surface area contributed by atoms with E-state index < -0.39 is 10.0 Å². The van der Waals surface area contributed by atoms with Crippen molar-refractivity contribution >= 4 is 26.0 Å². The maximum atomic E-state index is 11.9. The van der Waals surface area contributed by atoms with E-state index in [0.717, 1.165) is 0 Å². The maximum absolute atomic E-state index is 11.9. The van der Waals surface area contributed by atoms with Gasteiger partial charge in [-0.1, -0.05) is 12.2 Å². The summed E-state index contributed by atoms with van der Waals surface area (Å²) in [5, 5.41) is 0. The van der Waals surface area contributed by atoms with Gasteiger partial charge in [-0.05, 0) is 34.1 Å². The van der Waals surface area contributed by atoms with Crippen LogP contribution in [0.3, 0.4) is 0 Å². The second-order valence-electron chi connectivity index (χ2n) is 3.36. The fourth-order valence-corrected chi connectivity index (χ4v) is 2.93.